The number of benzene rings is 1. The monoisotopic (exact) mass is 604 g/mol. The van der Waals surface area contributed by atoms with E-state index in [1.165, 1.54) is 32.4 Å². The number of amides is 1. The number of nitrogens with zero attached hydrogens (tertiary/aromatic N) is 4. The molecule has 0 bridgehead atoms. The minimum Gasteiger partial charge on any atom is -0.458 e. The number of aryl methyl sites for hydroxylation is 1. The van der Waals surface area contributed by atoms with Gasteiger partial charge in [-0.2, -0.15) is 0 Å². The summed E-state index contributed by atoms with van der Waals surface area (Å²) in [7, 11) is 0. The van der Waals surface area contributed by atoms with E-state index in [0.29, 0.717) is 60.4 Å². The fourth-order valence-corrected chi connectivity index (χ4v) is 7.47. The van der Waals surface area contributed by atoms with Crippen LogP contribution in [0.25, 0.3) is 22.3 Å². The van der Waals surface area contributed by atoms with E-state index in [-0.39, 0.29) is 30.2 Å². The second kappa shape index (κ2) is 11.6. The maximum atomic E-state index is 13.6. The van der Waals surface area contributed by atoms with E-state index in [2.05, 4.69) is 11.8 Å². The first-order valence-corrected chi connectivity index (χ1v) is 15.7. The van der Waals surface area contributed by atoms with Gasteiger partial charge in [0.05, 0.1) is 29.0 Å². The van der Waals surface area contributed by atoms with Gasteiger partial charge >= 0.3 is 12.1 Å². The first-order valence-electron chi connectivity index (χ1n) is 15.7. The van der Waals surface area contributed by atoms with Crippen molar-refractivity contribution >= 4 is 23.0 Å². The lowest BCUT2D eigenvalue weighted by Gasteiger charge is -2.39. The Balaban J connectivity index is 0.00000343. The second-order valence-corrected chi connectivity index (χ2v) is 12.2. The molecular weight excluding hydrogens is 564 g/mol. The van der Waals surface area contributed by atoms with Crippen molar-refractivity contribution in [2.45, 2.75) is 83.6 Å². The first kappa shape index (κ1) is 30.2. The van der Waals surface area contributed by atoms with Gasteiger partial charge in [0.25, 0.3) is 5.56 Å². The fraction of sp³-hybridized carbons (Fsp3) is 0.515. The normalized spacial score (nSPS) is 21.7. The highest BCUT2D eigenvalue weighted by molar-refractivity contribution is 5.90. The Hall–Kier alpha value is -3.80. The third kappa shape index (κ3) is 4.78. The molecule has 44 heavy (non-hydrogen) atoms. The van der Waals surface area contributed by atoms with Crippen LogP contribution in [0, 0.1) is 0 Å². The summed E-state index contributed by atoms with van der Waals surface area (Å²) in [6.07, 6.45) is 6.26. The number of aliphatic hydroxyl groups is 1. The second-order valence-electron chi connectivity index (χ2n) is 12.2. The van der Waals surface area contributed by atoms with Gasteiger partial charge in [-0.25, -0.2) is 14.6 Å². The minimum absolute atomic E-state index is 0. The summed E-state index contributed by atoms with van der Waals surface area (Å²) in [6.45, 7) is 7.65. The van der Waals surface area contributed by atoms with Gasteiger partial charge in [-0.05, 0) is 81.4 Å². The molecule has 1 aromatic carbocycles. The Labute approximate surface area is 255 Å². The lowest BCUT2D eigenvalue weighted by atomic mass is 9.86. The van der Waals surface area contributed by atoms with E-state index in [0.717, 1.165) is 34.9 Å². The minimum atomic E-state index is -1.86. The zero-order valence-corrected chi connectivity index (χ0v) is 25.4. The highest BCUT2D eigenvalue weighted by Gasteiger charge is 2.45. The average molecular weight is 605 g/mol. The number of hydrogen-bond acceptors (Lipinski definition) is 8. The zero-order valence-electron chi connectivity index (χ0n) is 25.4. The summed E-state index contributed by atoms with van der Waals surface area (Å²) in [5, 5.41) is 12.0. The first-order chi connectivity index (χ1) is 20.8. The molecule has 11 heteroatoms. The third-order valence-corrected chi connectivity index (χ3v) is 9.97. The third-order valence-electron chi connectivity index (χ3n) is 9.97. The standard InChI is InChI=1S/C33H38N4O6.H2O/c1-3-22-23-16-21(43-32(40)36-14-10-20(11-15-36)35-12-6-5-7-13-35)8-9-27(23)34-29-24(22)18-37-28(29)17-26-25(30(37)38)19-42-31(39)33(26,41)4-2;/h8-9,16-17,20,41H,3-7,10-15,18-19H2,1-2H3;1H2/t33-;/m0./s1. The summed E-state index contributed by atoms with van der Waals surface area (Å²) < 4.78 is 12.7. The van der Waals surface area contributed by atoms with Gasteiger partial charge in [-0.1, -0.05) is 20.3 Å². The molecule has 3 N–H and O–H groups in total. The van der Waals surface area contributed by atoms with E-state index in [1.807, 2.05) is 17.0 Å². The summed E-state index contributed by atoms with van der Waals surface area (Å²) in [5.41, 5.74) is 2.38. The number of rotatable bonds is 4. The van der Waals surface area contributed by atoms with Crippen LogP contribution in [0.3, 0.4) is 0 Å². The predicted octanol–water partition coefficient (Wildman–Crippen LogP) is 3.27. The Bertz CT molecular complexity index is 1690. The highest BCUT2D eigenvalue weighted by Crippen LogP contribution is 2.40. The van der Waals surface area contributed by atoms with Crippen LogP contribution < -0.4 is 10.3 Å². The number of piperidine rings is 2. The smallest absolute Gasteiger partial charge is 0.415 e. The number of carbonyl (C=O) groups is 2. The Kier molecular flexibility index (Phi) is 7.98. The molecule has 0 aliphatic carbocycles. The van der Waals surface area contributed by atoms with Crippen LogP contribution >= 0.6 is 0 Å². The fourth-order valence-electron chi connectivity index (χ4n) is 7.47. The van der Waals surface area contributed by atoms with Crippen LogP contribution in [0.5, 0.6) is 5.75 Å². The number of fused-ring (bicyclic) bond motifs is 5. The van der Waals surface area contributed by atoms with E-state index in [4.69, 9.17) is 14.5 Å². The van der Waals surface area contributed by atoms with Gasteiger partial charge in [0, 0.05) is 35.6 Å². The van der Waals surface area contributed by atoms with Crippen molar-refractivity contribution in [2.24, 2.45) is 0 Å². The number of cyclic esters (lactones) is 1. The molecule has 4 aliphatic heterocycles. The number of pyridine rings is 2. The Morgan fingerprint density at radius 2 is 1.82 bits per heavy atom. The molecule has 0 saturated carbocycles. The van der Waals surface area contributed by atoms with Gasteiger partial charge in [-0.3, -0.25) is 4.79 Å². The lowest BCUT2D eigenvalue weighted by Crippen LogP contribution is -2.48. The predicted molar refractivity (Wildman–Crippen MR) is 164 cm³/mol. The van der Waals surface area contributed by atoms with Crippen molar-refractivity contribution in [3.05, 3.63) is 56.9 Å². The van der Waals surface area contributed by atoms with Crippen LogP contribution in [-0.2, 0) is 34.7 Å². The van der Waals surface area contributed by atoms with Crippen LogP contribution in [0.2, 0.25) is 0 Å². The zero-order chi connectivity index (χ0) is 29.9. The van der Waals surface area contributed by atoms with Crippen LogP contribution in [-0.4, -0.2) is 74.2 Å². The summed E-state index contributed by atoms with van der Waals surface area (Å²) in [6, 6.07) is 7.77. The molecule has 0 spiro atoms. The summed E-state index contributed by atoms with van der Waals surface area (Å²) >= 11 is 0. The van der Waals surface area contributed by atoms with Crippen molar-refractivity contribution in [3.63, 3.8) is 0 Å². The molecule has 1 amide bonds. The lowest BCUT2D eigenvalue weighted by molar-refractivity contribution is -0.172. The number of esters is 1. The SMILES string of the molecule is CCc1c2c(nc3ccc(OC(=O)N4CCC(N5CCCCC5)CC4)cc13)-c1cc3c(c(=O)n1C2)COC(=O)[C@]3(O)CC.O. The summed E-state index contributed by atoms with van der Waals surface area (Å²) in [5.74, 6) is -0.266. The van der Waals surface area contributed by atoms with E-state index >= 15 is 0 Å². The van der Waals surface area contributed by atoms with E-state index in [9.17, 15) is 19.5 Å². The van der Waals surface area contributed by atoms with Gasteiger partial charge in [0.1, 0.15) is 12.4 Å². The molecule has 234 valence electrons. The Morgan fingerprint density at radius 1 is 1.07 bits per heavy atom. The molecule has 2 aromatic heterocycles. The van der Waals surface area contributed by atoms with Gasteiger partial charge in [-0.15, -0.1) is 0 Å². The molecule has 1 atom stereocenters. The maximum Gasteiger partial charge on any atom is 0.415 e. The van der Waals surface area contributed by atoms with Crippen molar-refractivity contribution in [1.29, 1.82) is 0 Å². The number of carbonyl (C=O) groups excluding carboxylic acids is 2. The van der Waals surface area contributed by atoms with Gasteiger partial charge in [0.15, 0.2) is 5.60 Å². The number of aromatic nitrogens is 2. The van der Waals surface area contributed by atoms with Crippen molar-refractivity contribution in [2.75, 3.05) is 26.2 Å². The highest BCUT2D eigenvalue weighted by atomic mass is 16.6. The van der Waals surface area contributed by atoms with Gasteiger partial charge in [0.2, 0.25) is 0 Å². The number of ether oxygens (including phenoxy) is 2. The van der Waals surface area contributed by atoms with Crippen LogP contribution in [0.1, 0.15) is 74.6 Å². The molecule has 0 unspecified atom stereocenters. The maximum absolute atomic E-state index is 13.6. The van der Waals surface area contributed by atoms with Crippen molar-refractivity contribution in [1.82, 2.24) is 19.4 Å². The van der Waals surface area contributed by atoms with E-state index < -0.39 is 11.6 Å². The molecule has 7 rings (SSSR count). The molecule has 6 heterocycles. The van der Waals surface area contributed by atoms with Crippen molar-refractivity contribution < 1.29 is 29.6 Å². The van der Waals surface area contributed by atoms with Gasteiger partial charge < -0.3 is 34.4 Å². The molecule has 3 aromatic rings. The largest absolute Gasteiger partial charge is 0.458 e. The van der Waals surface area contributed by atoms with Crippen LogP contribution in [0.15, 0.2) is 29.1 Å². The molecule has 2 fully saturated rings. The quantitative estimate of drug-likeness (QED) is 0.350. The molecule has 4 aliphatic rings. The van der Waals surface area contributed by atoms with Crippen LogP contribution in [0.4, 0.5) is 4.79 Å². The average Bonchev–Trinajstić information content (AvgIpc) is 3.41. The number of likely N-dealkylation sites (tertiary alicyclic amines) is 2. The molecule has 0 radical (unpaired) electrons. The van der Waals surface area contributed by atoms with Crippen molar-refractivity contribution in [3.8, 4) is 17.1 Å². The molecular formula is C33H40N4O7. The Morgan fingerprint density at radius 3 is 2.52 bits per heavy atom. The van der Waals surface area contributed by atoms with E-state index in [1.54, 1.807) is 23.6 Å². The molecule has 11 nitrogen and oxygen atoms in total. The number of hydrogen-bond donors (Lipinski definition) is 1. The topological polar surface area (TPSA) is 146 Å². The summed E-state index contributed by atoms with van der Waals surface area (Å²) in [4.78, 5) is 48.5. The molecule has 2 saturated heterocycles.